The summed E-state index contributed by atoms with van der Waals surface area (Å²) >= 11 is 0. The van der Waals surface area contributed by atoms with E-state index in [9.17, 15) is 14.7 Å². The summed E-state index contributed by atoms with van der Waals surface area (Å²) in [7, 11) is 0. The molecule has 1 aromatic heterocycles. The Morgan fingerprint density at radius 3 is 2.70 bits per heavy atom. The van der Waals surface area contributed by atoms with E-state index in [2.05, 4.69) is 17.6 Å². The average molecular weight is 451 g/mol. The molecule has 2 heterocycles. The van der Waals surface area contributed by atoms with Crippen molar-refractivity contribution in [1.82, 2.24) is 9.88 Å². The molecule has 0 bridgehead atoms. The van der Waals surface area contributed by atoms with E-state index >= 15 is 4.39 Å². The zero-order valence-corrected chi connectivity index (χ0v) is 18.5. The number of carboxylic acid groups (broad SMARTS) is 1. The SMILES string of the molecule is CC1CN(c2cc3c(c(NCc4ccccc4)c2F)c(=O)c(C(=O)O)cn3C2CC2)CCN1. The predicted octanol–water partition coefficient (Wildman–Crippen LogP) is 3.58. The number of carboxylic acids is 1. The van der Waals surface area contributed by atoms with Gasteiger partial charge in [-0.2, -0.15) is 0 Å². The number of halogens is 1. The highest BCUT2D eigenvalue weighted by atomic mass is 19.1. The lowest BCUT2D eigenvalue weighted by Crippen LogP contribution is -2.49. The molecule has 1 atom stereocenters. The van der Waals surface area contributed by atoms with Crippen LogP contribution in [0.1, 0.15) is 41.7 Å². The Bertz CT molecular complexity index is 1270. The van der Waals surface area contributed by atoms with Gasteiger partial charge in [0, 0.05) is 44.5 Å². The van der Waals surface area contributed by atoms with Gasteiger partial charge in [0.1, 0.15) is 5.56 Å². The van der Waals surface area contributed by atoms with Gasteiger partial charge in [0.05, 0.1) is 22.3 Å². The number of nitrogens with zero attached hydrogens (tertiary/aromatic N) is 2. The molecule has 172 valence electrons. The van der Waals surface area contributed by atoms with Gasteiger partial charge < -0.3 is 25.2 Å². The first kappa shape index (κ1) is 21.5. The summed E-state index contributed by atoms with van der Waals surface area (Å²) in [5.41, 5.74) is 1.02. The molecule has 0 radical (unpaired) electrons. The molecule has 0 spiro atoms. The van der Waals surface area contributed by atoms with Gasteiger partial charge in [0.2, 0.25) is 5.43 Å². The van der Waals surface area contributed by atoms with Gasteiger partial charge in [0.15, 0.2) is 5.82 Å². The first-order valence-corrected chi connectivity index (χ1v) is 11.3. The smallest absolute Gasteiger partial charge is 0.341 e. The fraction of sp³-hybridized carbons (Fsp3) is 0.360. The van der Waals surface area contributed by atoms with Crippen LogP contribution < -0.4 is 21.0 Å². The quantitative estimate of drug-likeness (QED) is 0.532. The van der Waals surface area contributed by atoms with Crippen LogP contribution in [0.2, 0.25) is 0 Å². The average Bonchev–Trinajstić information content (AvgIpc) is 3.64. The standard InChI is InChI=1S/C25H27FN4O3/c1-15-13-29(10-9-27-15)20-11-19-21(23(22(20)26)28-12-16-5-3-2-4-6-16)24(31)18(25(32)33)14-30(19)17-7-8-17/h2-6,11,14-15,17,27-28H,7-10,12-13H2,1H3,(H,32,33). The second-order valence-electron chi connectivity index (χ2n) is 8.93. The maximum Gasteiger partial charge on any atom is 0.341 e. The molecule has 3 N–H and O–H groups in total. The fourth-order valence-corrected chi connectivity index (χ4v) is 4.61. The number of carbonyl (C=O) groups is 1. The minimum absolute atomic E-state index is 0.0695. The highest BCUT2D eigenvalue weighted by Gasteiger charge is 2.30. The lowest BCUT2D eigenvalue weighted by molar-refractivity contribution is 0.0695. The minimum atomic E-state index is -1.30. The van der Waals surface area contributed by atoms with E-state index < -0.39 is 17.2 Å². The number of nitrogens with one attached hydrogen (secondary N) is 2. The lowest BCUT2D eigenvalue weighted by Gasteiger charge is -2.34. The van der Waals surface area contributed by atoms with E-state index in [1.807, 2.05) is 39.8 Å². The molecule has 3 aromatic rings. The van der Waals surface area contributed by atoms with Gasteiger partial charge in [0.25, 0.3) is 0 Å². The predicted molar refractivity (Wildman–Crippen MR) is 127 cm³/mol. The topological polar surface area (TPSA) is 86.6 Å². The molecule has 1 aliphatic carbocycles. The number of piperazine rings is 1. The third-order valence-corrected chi connectivity index (χ3v) is 6.43. The molecule has 1 saturated carbocycles. The van der Waals surface area contributed by atoms with Crippen molar-refractivity contribution in [3.8, 4) is 0 Å². The number of fused-ring (bicyclic) bond motifs is 1. The number of aromatic carboxylic acids is 1. The molecule has 7 nitrogen and oxygen atoms in total. The third kappa shape index (κ3) is 4.06. The normalized spacial score (nSPS) is 18.5. The second-order valence-corrected chi connectivity index (χ2v) is 8.93. The number of benzene rings is 2. The van der Waals surface area contributed by atoms with Gasteiger partial charge >= 0.3 is 5.97 Å². The van der Waals surface area contributed by atoms with Crippen molar-refractivity contribution in [1.29, 1.82) is 0 Å². The molecule has 1 unspecified atom stereocenters. The molecule has 0 amide bonds. The van der Waals surface area contributed by atoms with Crippen LogP contribution in [0.3, 0.4) is 0 Å². The van der Waals surface area contributed by atoms with Crippen molar-refractivity contribution in [2.24, 2.45) is 0 Å². The summed E-state index contributed by atoms with van der Waals surface area (Å²) in [4.78, 5) is 27.1. The summed E-state index contributed by atoms with van der Waals surface area (Å²) in [5.74, 6) is -1.82. The van der Waals surface area contributed by atoms with E-state index in [1.165, 1.54) is 6.20 Å². The molecule has 2 fully saturated rings. The van der Waals surface area contributed by atoms with E-state index in [4.69, 9.17) is 0 Å². The first-order valence-electron chi connectivity index (χ1n) is 11.3. The third-order valence-electron chi connectivity index (χ3n) is 6.43. The van der Waals surface area contributed by atoms with E-state index in [1.54, 1.807) is 6.07 Å². The van der Waals surface area contributed by atoms with E-state index in [-0.39, 0.29) is 28.7 Å². The lowest BCUT2D eigenvalue weighted by atomic mass is 10.1. The molecule has 2 aliphatic rings. The van der Waals surface area contributed by atoms with Crippen LogP contribution in [0.5, 0.6) is 0 Å². The summed E-state index contributed by atoms with van der Waals surface area (Å²) in [6.07, 6.45) is 3.23. The highest BCUT2D eigenvalue weighted by Crippen LogP contribution is 2.40. The van der Waals surface area contributed by atoms with Gasteiger partial charge in [-0.05, 0) is 31.4 Å². The number of hydrogen-bond acceptors (Lipinski definition) is 5. The van der Waals surface area contributed by atoms with Crippen LogP contribution in [0.25, 0.3) is 10.9 Å². The molecule has 1 aliphatic heterocycles. The molecule has 8 heteroatoms. The summed E-state index contributed by atoms with van der Waals surface area (Å²) in [6.45, 7) is 4.39. The number of hydrogen-bond donors (Lipinski definition) is 3. The van der Waals surface area contributed by atoms with Crippen molar-refractivity contribution in [3.63, 3.8) is 0 Å². The van der Waals surface area contributed by atoms with Crippen LogP contribution in [-0.2, 0) is 6.54 Å². The molecular weight excluding hydrogens is 423 g/mol. The fourth-order valence-electron chi connectivity index (χ4n) is 4.61. The number of aromatic nitrogens is 1. The van der Waals surface area contributed by atoms with E-state index in [0.29, 0.717) is 30.8 Å². The van der Waals surface area contributed by atoms with Crippen molar-refractivity contribution in [2.75, 3.05) is 29.9 Å². The minimum Gasteiger partial charge on any atom is -0.477 e. The van der Waals surface area contributed by atoms with Crippen molar-refractivity contribution in [2.45, 2.75) is 38.4 Å². The van der Waals surface area contributed by atoms with Crippen molar-refractivity contribution in [3.05, 3.63) is 69.8 Å². The summed E-state index contributed by atoms with van der Waals surface area (Å²) in [6, 6.07) is 11.6. The monoisotopic (exact) mass is 450 g/mol. The summed E-state index contributed by atoms with van der Waals surface area (Å²) < 4.78 is 17.9. The maximum absolute atomic E-state index is 16.1. The second kappa shape index (κ2) is 8.51. The Balaban J connectivity index is 1.73. The van der Waals surface area contributed by atoms with Crippen LogP contribution >= 0.6 is 0 Å². The number of anilines is 2. The molecule has 33 heavy (non-hydrogen) atoms. The number of pyridine rings is 1. The first-order chi connectivity index (χ1) is 15.9. The van der Waals surface area contributed by atoms with Crippen LogP contribution in [0.4, 0.5) is 15.8 Å². The van der Waals surface area contributed by atoms with Crippen LogP contribution in [0, 0.1) is 5.82 Å². The van der Waals surface area contributed by atoms with Gasteiger partial charge in [-0.3, -0.25) is 4.79 Å². The molecule has 2 aromatic carbocycles. The molecule has 1 saturated heterocycles. The van der Waals surface area contributed by atoms with Crippen LogP contribution in [0.15, 0.2) is 47.4 Å². The Morgan fingerprint density at radius 1 is 1.27 bits per heavy atom. The Morgan fingerprint density at radius 2 is 2.03 bits per heavy atom. The highest BCUT2D eigenvalue weighted by molar-refractivity contribution is 6.00. The van der Waals surface area contributed by atoms with E-state index in [0.717, 1.165) is 24.9 Å². The van der Waals surface area contributed by atoms with Crippen molar-refractivity contribution < 1.29 is 14.3 Å². The summed E-state index contributed by atoms with van der Waals surface area (Å²) in [5, 5.41) is 16.3. The van der Waals surface area contributed by atoms with Crippen molar-refractivity contribution >= 4 is 28.2 Å². The largest absolute Gasteiger partial charge is 0.477 e. The Hall–Kier alpha value is -3.39. The number of rotatable bonds is 6. The van der Waals surface area contributed by atoms with Crippen LogP contribution in [-0.4, -0.2) is 41.3 Å². The van der Waals surface area contributed by atoms with Gasteiger partial charge in [-0.25, -0.2) is 9.18 Å². The molecular formula is C25H27FN4O3. The zero-order valence-electron chi connectivity index (χ0n) is 18.5. The molecule has 5 rings (SSSR count). The maximum atomic E-state index is 16.1. The zero-order chi connectivity index (χ0) is 23.1. The van der Waals surface area contributed by atoms with Gasteiger partial charge in [-0.1, -0.05) is 30.3 Å². The Kier molecular flexibility index (Phi) is 5.54. The Labute approximate surface area is 190 Å². The van der Waals surface area contributed by atoms with Gasteiger partial charge in [-0.15, -0.1) is 0 Å².